The lowest BCUT2D eigenvalue weighted by atomic mass is 10.2. The highest BCUT2D eigenvalue weighted by molar-refractivity contribution is 14.1. The second-order valence-corrected chi connectivity index (χ2v) is 6.44. The lowest BCUT2D eigenvalue weighted by Gasteiger charge is -2.14. The van der Waals surface area contributed by atoms with Crippen molar-refractivity contribution in [1.82, 2.24) is 5.43 Å². The number of methoxy groups -OCH3 is 1. The van der Waals surface area contributed by atoms with E-state index >= 15 is 0 Å². The maximum absolute atomic E-state index is 10.6. The molecule has 2 rings (SSSR count). The molecule has 0 radical (unpaired) electrons. The van der Waals surface area contributed by atoms with Gasteiger partial charge in [0.1, 0.15) is 19.0 Å². The molecular weight excluding hydrogens is 449 g/mol. The van der Waals surface area contributed by atoms with E-state index in [2.05, 4.69) is 33.1 Å². The Morgan fingerprint density at radius 2 is 2.04 bits per heavy atom. The molecule has 2 aromatic carbocycles. The molecule has 3 N–H and O–H groups in total. The zero-order chi connectivity index (χ0) is 18.9. The van der Waals surface area contributed by atoms with Crippen molar-refractivity contribution in [3.8, 4) is 17.2 Å². The topological polar surface area (TPSA) is 95.2 Å². The van der Waals surface area contributed by atoms with Gasteiger partial charge in [-0.2, -0.15) is 5.10 Å². The first-order valence-corrected chi connectivity index (χ1v) is 8.86. The van der Waals surface area contributed by atoms with Crippen LogP contribution in [0.1, 0.15) is 11.1 Å². The highest BCUT2D eigenvalue weighted by Gasteiger charge is 2.11. The Balaban J connectivity index is 1.97. The van der Waals surface area contributed by atoms with Crippen molar-refractivity contribution in [2.24, 2.45) is 10.8 Å². The number of ether oxygens (including phenoxy) is 3. The smallest absolute Gasteiger partial charge is 0.332 e. The Labute approximate surface area is 165 Å². The number of hydrogen-bond donors (Lipinski definition) is 2. The van der Waals surface area contributed by atoms with Crippen LogP contribution in [0.5, 0.6) is 17.2 Å². The van der Waals surface area contributed by atoms with Crippen molar-refractivity contribution in [2.75, 3.05) is 20.3 Å². The molecular formula is C18H20IN3O4. The third-order valence-electron chi connectivity index (χ3n) is 3.23. The molecule has 0 saturated heterocycles. The maximum atomic E-state index is 10.6. The Hall–Kier alpha value is -2.49. The number of halogens is 1. The highest BCUT2D eigenvalue weighted by Crippen LogP contribution is 2.33. The summed E-state index contributed by atoms with van der Waals surface area (Å²) in [4.78, 5) is 10.6. The monoisotopic (exact) mass is 469 g/mol. The predicted molar refractivity (Wildman–Crippen MR) is 108 cm³/mol. The summed E-state index contributed by atoms with van der Waals surface area (Å²) < 4.78 is 17.7. The van der Waals surface area contributed by atoms with E-state index in [1.54, 1.807) is 13.2 Å². The zero-order valence-electron chi connectivity index (χ0n) is 14.5. The molecule has 0 saturated carbocycles. The summed E-state index contributed by atoms with van der Waals surface area (Å²) in [6, 6.07) is 10.7. The van der Waals surface area contributed by atoms with Crippen molar-refractivity contribution >= 4 is 34.8 Å². The van der Waals surface area contributed by atoms with Gasteiger partial charge in [0.25, 0.3) is 0 Å². The van der Waals surface area contributed by atoms with Crippen LogP contribution < -0.4 is 25.4 Å². The molecule has 2 amide bonds. The van der Waals surface area contributed by atoms with Gasteiger partial charge in [0.05, 0.1) is 16.9 Å². The summed E-state index contributed by atoms with van der Waals surface area (Å²) in [6.07, 6.45) is 1.47. The average molecular weight is 469 g/mol. The van der Waals surface area contributed by atoms with Crippen molar-refractivity contribution in [2.45, 2.75) is 6.92 Å². The van der Waals surface area contributed by atoms with E-state index in [1.807, 2.05) is 37.3 Å². The fraction of sp³-hybridized carbons (Fsp3) is 0.222. The SMILES string of the molecule is COc1cc(C=NNC(N)=O)cc(I)c1OCCOc1cccc(C)c1. The number of hydrogen-bond acceptors (Lipinski definition) is 5. The number of aryl methyl sites for hydroxylation is 1. The van der Waals surface area contributed by atoms with E-state index in [0.29, 0.717) is 24.7 Å². The van der Waals surface area contributed by atoms with Crippen molar-refractivity contribution in [3.05, 3.63) is 51.1 Å². The molecule has 0 heterocycles. The standard InChI is InChI=1S/C18H20IN3O4/c1-12-4-3-5-14(8-12)25-6-7-26-17-15(19)9-13(10-16(17)24-2)11-21-22-18(20)23/h3-5,8-11H,6-7H2,1-2H3,(H3,20,22,23). The first kappa shape index (κ1) is 19.8. The van der Waals surface area contributed by atoms with E-state index < -0.39 is 6.03 Å². The Bertz CT molecular complexity index is 796. The zero-order valence-corrected chi connectivity index (χ0v) is 16.6. The number of nitrogens with two attached hydrogens (primary N) is 1. The Morgan fingerprint density at radius 3 is 2.73 bits per heavy atom. The van der Waals surface area contributed by atoms with Crippen LogP contribution in [0.4, 0.5) is 4.79 Å². The molecule has 2 aromatic rings. The van der Waals surface area contributed by atoms with Gasteiger partial charge < -0.3 is 19.9 Å². The largest absolute Gasteiger partial charge is 0.493 e. The fourth-order valence-electron chi connectivity index (χ4n) is 2.13. The summed E-state index contributed by atoms with van der Waals surface area (Å²) >= 11 is 2.15. The van der Waals surface area contributed by atoms with Crippen molar-refractivity contribution in [3.63, 3.8) is 0 Å². The van der Waals surface area contributed by atoms with Crippen LogP contribution in [0.3, 0.4) is 0 Å². The minimum Gasteiger partial charge on any atom is -0.493 e. The molecule has 0 aliphatic rings. The fourth-order valence-corrected chi connectivity index (χ4v) is 2.91. The number of primary amides is 1. The average Bonchev–Trinajstić information content (AvgIpc) is 2.59. The number of carbonyl (C=O) groups is 1. The first-order valence-electron chi connectivity index (χ1n) is 7.78. The molecule has 0 atom stereocenters. The molecule has 0 aliphatic carbocycles. The molecule has 0 fully saturated rings. The van der Waals surface area contributed by atoms with Crippen LogP contribution >= 0.6 is 22.6 Å². The van der Waals surface area contributed by atoms with Crippen LogP contribution in [-0.4, -0.2) is 32.6 Å². The summed E-state index contributed by atoms with van der Waals surface area (Å²) in [6.45, 7) is 2.80. The second kappa shape index (κ2) is 9.85. The minimum absolute atomic E-state index is 0.372. The van der Waals surface area contributed by atoms with Crippen LogP contribution in [0.15, 0.2) is 41.5 Å². The number of nitrogens with zero attached hydrogens (tertiary/aromatic N) is 1. The molecule has 0 aromatic heterocycles. The Kier molecular flexibility index (Phi) is 7.52. The summed E-state index contributed by atoms with van der Waals surface area (Å²) in [5.41, 5.74) is 8.99. The van der Waals surface area contributed by atoms with Gasteiger partial charge >= 0.3 is 6.03 Å². The molecule has 0 aliphatic heterocycles. The van der Waals surface area contributed by atoms with Crippen molar-refractivity contribution in [1.29, 1.82) is 0 Å². The molecule has 0 unspecified atom stereocenters. The second-order valence-electron chi connectivity index (χ2n) is 5.28. The van der Waals surface area contributed by atoms with Gasteiger partial charge in [0, 0.05) is 0 Å². The molecule has 7 nitrogen and oxygen atoms in total. The number of urea groups is 1. The van der Waals surface area contributed by atoms with Gasteiger partial charge in [0.2, 0.25) is 0 Å². The van der Waals surface area contributed by atoms with E-state index in [1.165, 1.54) is 6.21 Å². The number of hydrazone groups is 1. The maximum Gasteiger partial charge on any atom is 0.332 e. The summed E-state index contributed by atoms with van der Waals surface area (Å²) in [5.74, 6) is 2.00. The van der Waals surface area contributed by atoms with E-state index in [4.69, 9.17) is 19.9 Å². The summed E-state index contributed by atoms with van der Waals surface area (Å²) in [5, 5.41) is 3.73. The minimum atomic E-state index is -0.725. The number of rotatable bonds is 8. The van der Waals surface area contributed by atoms with Gasteiger partial charge in [0.15, 0.2) is 11.5 Å². The quantitative estimate of drug-likeness (QED) is 0.269. The normalized spacial score (nSPS) is 10.6. The van der Waals surface area contributed by atoms with Gasteiger partial charge in [-0.1, -0.05) is 12.1 Å². The van der Waals surface area contributed by atoms with Gasteiger partial charge in [-0.3, -0.25) is 0 Å². The van der Waals surface area contributed by atoms with Crippen LogP contribution in [-0.2, 0) is 0 Å². The summed E-state index contributed by atoms with van der Waals surface area (Å²) in [7, 11) is 1.56. The van der Waals surface area contributed by atoms with E-state index in [0.717, 1.165) is 20.4 Å². The van der Waals surface area contributed by atoms with Crippen molar-refractivity contribution < 1.29 is 19.0 Å². The third-order valence-corrected chi connectivity index (χ3v) is 4.03. The first-order chi connectivity index (χ1) is 12.5. The Morgan fingerprint density at radius 1 is 1.27 bits per heavy atom. The van der Waals surface area contributed by atoms with Crippen LogP contribution in [0, 0.1) is 10.5 Å². The predicted octanol–water partition coefficient (Wildman–Crippen LogP) is 3.07. The number of carbonyl (C=O) groups excluding carboxylic acids is 1. The van der Waals surface area contributed by atoms with E-state index in [9.17, 15) is 4.79 Å². The van der Waals surface area contributed by atoms with Gasteiger partial charge in [-0.15, -0.1) is 0 Å². The molecule has 0 spiro atoms. The van der Waals surface area contributed by atoms with Crippen LogP contribution in [0.25, 0.3) is 0 Å². The van der Waals surface area contributed by atoms with Gasteiger partial charge in [-0.05, 0) is 64.9 Å². The number of amides is 2. The third kappa shape index (κ3) is 6.10. The lowest BCUT2D eigenvalue weighted by molar-refractivity contribution is 0.210. The molecule has 0 bridgehead atoms. The molecule has 8 heteroatoms. The number of benzene rings is 2. The molecule has 138 valence electrons. The lowest BCUT2D eigenvalue weighted by Crippen LogP contribution is -2.24. The van der Waals surface area contributed by atoms with Crippen LogP contribution in [0.2, 0.25) is 0 Å². The van der Waals surface area contributed by atoms with E-state index in [-0.39, 0.29) is 0 Å². The molecule has 26 heavy (non-hydrogen) atoms. The highest BCUT2D eigenvalue weighted by atomic mass is 127. The number of nitrogens with one attached hydrogen (secondary N) is 1. The van der Waals surface area contributed by atoms with Gasteiger partial charge in [-0.25, -0.2) is 10.2 Å².